The predicted molar refractivity (Wildman–Crippen MR) is 60.9 cm³/mol. The molecule has 0 saturated heterocycles. The summed E-state index contributed by atoms with van der Waals surface area (Å²) in [5, 5.41) is 10.9. The number of unbranched alkanes of at least 4 members (excludes halogenated alkanes) is 1. The van der Waals surface area contributed by atoms with Crippen LogP contribution in [0.15, 0.2) is 18.2 Å². The van der Waals surface area contributed by atoms with Gasteiger partial charge >= 0.3 is 0 Å². The molecule has 0 aliphatic rings. The van der Waals surface area contributed by atoms with Crippen molar-refractivity contribution in [2.24, 2.45) is 0 Å². The predicted octanol–water partition coefficient (Wildman–Crippen LogP) is 4.22. The monoisotopic (exact) mass is 232 g/mol. The molecule has 1 aromatic rings. The molecule has 1 nitrogen and oxygen atoms in total. The Morgan fingerprint density at radius 3 is 2.29 bits per heavy atom. The Balaban J connectivity index is 2.73. The molecule has 0 heterocycles. The molecule has 14 heavy (non-hydrogen) atoms. The van der Waals surface area contributed by atoms with E-state index in [0.717, 1.165) is 24.8 Å². The SMILES string of the molecule is CCCCC(O)c1cc(Cl)cc(Cl)c1. The van der Waals surface area contributed by atoms with Crippen LogP contribution in [0, 0.1) is 0 Å². The molecule has 1 atom stereocenters. The van der Waals surface area contributed by atoms with Gasteiger partial charge in [0.05, 0.1) is 6.10 Å². The van der Waals surface area contributed by atoms with E-state index in [2.05, 4.69) is 6.92 Å². The average molecular weight is 233 g/mol. The Morgan fingerprint density at radius 2 is 1.79 bits per heavy atom. The highest BCUT2D eigenvalue weighted by atomic mass is 35.5. The standard InChI is InChI=1S/C11H14Cl2O/c1-2-3-4-11(14)8-5-9(12)7-10(13)6-8/h5-7,11,14H,2-4H2,1H3. The first-order valence-corrected chi connectivity index (χ1v) is 5.53. The molecule has 0 fully saturated rings. The molecule has 0 radical (unpaired) electrons. The molecule has 0 amide bonds. The zero-order valence-corrected chi connectivity index (χ0v) is 9.65. The van der Waals surface area contributed by atoms with Gasteiger partial charge in [-0.05, 0) is 30.2 Å². The summed E-state index contributed by atoms with van der Waals surface area (Å²) >= 11 is 11.7. The van der Waals surface area contributed by atoms with Crippen LogP contribution in [0.25, 0.3) is 0 Å². The maximum Gasteiger partial charge on any atom is 0.0791 e. The van der Waals surface area contributed by atoms with Crippen LogP contribution in [-0.4, -0.2) is 5.11 Å². The topological polar surface area (TPSA) is 20.2 Å². The molecule has 0 saturated carbocycles. The minimum atomic E-state index is -0.453. The van der Waals surface area contributed by atoms with Gasteiger partial charge in [-0.3, -0.25) is 0 Å². The molecule has 1 aromatic carbocycles. The Morgan fingerprint density at radius 1 is 1.21 bits per heavy atom. The van der Waals surface area contributed by atoms with Crippen molar-refractivity contribution in [2.75, 3.05) is 0 Å². The minimum absolute atomic E-state index is 0.453. The van der Waals surface area contributed by atoms with Gasteiger partial charge in [-0.2, -0.15) is 0 Å². The van der Waals surface area contributed by atoms with Gasteiger partial charge in [0.1, 0.15) is 0 Å². The van der Waals surface area contributed by atoms with E-state index in [0.29, 0.717) is 10.0 Å². The van der Waals surface area contributed by atoms with Gasteiger partial charge in [0.25, 0.3) is 0 Å². The van der Waals surface area contributed by atoms with Gasteiger partial charge in [-0.1, -0.05) is 43.0 Å². The minimum Gasteiger partial charge on any atom is -0.388 e. The van der Waals surface area contributed by atoms with E-state index in [4.69, 9.17) is 23.2 Å². The van der Waals surface area contributed by atoms with Crippen molar-refractivity contribution < 1.29 is 5.11 Å². The van der Waals surface area contributed by atoms with Crippen LogP contribution in [-0.2, 0) is 0 Å². The van der Waals surface area contributed by atoms with E-state index >= 15 is 0 Å². The molecule has 1 unspecified atom stereocenters. The van der Waals surface area contributed by atoms with E-state index in [-0.39, 0.29) is 0 Å². The molecule has 0 spiro atoms. The molecular weight excluding hydrogens is 219 g/mol. The van der Waals surface area contributed by atoms with Crippen LogP contribution in [0.2, 0.25) is 10.0 Å². The van der Waals surface area contributed by atoms with Crippen molar-refractivity contribution in [3.05, 3.63) is 33.8 Å². The molecule has 1 rings (SSSR count). The highest BCUT2D eigenvalue weighted by Gasteiger charge is 2.08. The van der Waals surface area contributed by atoms with Gasteiger partial charge in [-0.15, -0.1) is 0 Å². The second-order valence-corrected chi connectivity index (χ2v) is 4.23. The highest BCUT2D eigenvalue weighted by molar-refractivity contribution is 6.34. The summed E-state index contributed by atoms with van der Waals surface area (Å²) < 4.78 is 0. The van der Waals surface area contributed by atoms with Crippen LogP contribution in [0.1, 0.15) is 37.9 Å². The summed E-state index contributed by atoms with van der Waals surface area (Å²) in [6.45, 7) is 2.09. The first-order chi connectivity index (χ1) is 6.63. The average Bonchev–Trinajstić information content (AvgIpc) is 2.12. The summed E-state index contributed by atoms with van der Waals surface area (Å²) in [5.74, 6) is 0. The van der Waals surface area contributed by atoms with Gasteiger partial charge in [0, 0.05) is 10.0 Å². The van der Waals surface area contributed by atoms with E-state index in [1.54, 1.807) is 18.2 Å². The third kappa shape index (κ3) is 3.49. The number of aliphatic hydroxyl groups is 1. The molecule has 0 bridgehead atoms. The van der Waals surface area contributed by atoms with Gasteiger partial charge in [0.15, 0.2) is 0 Å². The van der Waals surface area contributed by atoms with E-state index in [1.807, 2.05) is 0 Å². The lowest BCUT2D eigenvalue weighted by Gasteiger charge is -2.10. The zero-order chi connectivity index (χ0) is 10.6. The molecular formula is C11H14Cl2O. The summed E-state index contributed by atoms with van der Waals surface area (Å²) in [6.07, 6.45) is 2.38. The van der Waals surface area contributed by atoms with Gasteiger partial charge < -0.3 is 5.11 Å². The number of benzene rings is 1. The summed E-state index contributed by atoms with van der Waals surface area (Å²) in [4.78, 5) is 0. The second-order valence-electron chi connectivity index (χ2n) is 3.36. The summed E-state index contributed by atoms with van der Waals surface area (Å²) in [5.41, 5.74) is 0.802. The maximum atomic E-state index is 9.78. The summed E-state index contributed by atoms with van der Waals surface area (Å²) in [6, 6.07) is 5.18. The van der Waals surface area contributed by atoms with Crippen LogP contribution in [0.3, 0.4) is 0 Å². The number of halogens is 2. The van der Waals surface area contributed by atoms with Gasteiger partial charge in [-0.25, -0.2) is 0 Å². The zero-order valence-electron chi connectivity index (χ0n) is 8.13. The maximum absolute atomic E-state index is 9.78. The van der Waals surface area contributed by atoms with E-state index in [9.17, 15) is 5.11 Å². The third-order valence-electron chi connectivity index (χ3n) is 2.10. The van der Waals surface area contributed by atoms with Crippen molar-refractivity contribution >= 4 is 23.2 Å². The number of hydrogen-bond acceptors (Lipinski definition) is 1. The Labute approximate surface area is 94.7 Å². The van der Waals surface area contributed by atoms with Crippen LogP contribution in [0.5, 0.6) is 0 Å². The van der Waals surface area contributed by atoms with Crippen molar-refractivity contribution in [3.8, 4) is 0 Å². The first-order valence-electron chi connectivity index (χ1n) is 4.77. The Bertz CT molecular complexity index is 279. The van der Waals surface area contributed by atoms with Crippen molar-refractivity contribution in [2.45, 2.75) is 32.3 Å². The molecule has 0 aliphatic carbocycles. The third-order valence-corrected chi connectivity index (χ3v) is 2.54. The van der Waals surface area contributed by atoms with Crippen LogP contribution in [0.4, 0.5) is 0 Å². The Kier molecular flexibility index (Phi) is 4.73. The molecule has 0 aromatic heterocycles. The van der Waals surface area contributed by atoms with E-state index in [1.165, 1.54) is 0 Å². The lowest BCUT2D eigenvalue weighted by molar-refractivity contribution is 0.164. The van der Waals surface area contributed by atoms with Crippen molar-refractivity contribution in [1.82, 2.24) is 0 Å². The number of rotatable bonds is 4. The molecule has 78 valence electrons. The fourth-order valence-electron chi connectivity index (χ4n) is 1.33. The fourth-order valence-corrected chi connectivity index (χ4v) is 1.87. The smallest absolute Gasteiger partial charge is 0.0791 e. The quantitative estimate of drug-likeness (QED) is 0.825. The molecule has 1 N–H and O–H groups in total. The molecule has 0 aliphatic heterocycles. The fraction of sp³-hybridized carbons (Fsp3) is 0.455. The summed E-state index contributed by atoms with van der Waals surface area (Å²) in [7, 11) is 0. The molecule has 3 heteroatoms. The largest absolute Gasteiger partial charge is 0.388 e. The van der Waals surface area contributed by atoms with Crippen LogP contribution >= 0.6 is 23.2 Å². The lowest BCUT2D eigenvalue weighted by Crippen LogP contribution is -1.97. The van der Waals surface area contributed by atoms with E-state index < -0.39 is 6.10 Å². The lowest BCUT2D eigenvalue weighted by atomic mass is 10.0. The highest BCUT2D eigenvalue weighted by Crippen LogP contribution is 2.26. The number of hydrogen-bond donors (Lipinski definition) is 1. The first kappa shape index (κ1) is 11.8. The van der Waals surface area contributed by atoms with Crippen LogP contribution < -0.4 is 0 Å². The van der Waals surface area contributed by atoms with Crippen molar-refractivity contribution in [1.29, 1.82) is 0 Å². The Hall–Kier alpha value is -0.240. The van der Waals surface area contributed by atoms with Crippen molar-refractivity contribution in [3.63, 3.8) is 0 Å². The number of aliphatic hydroxyl groups excluding tert-OH is 1. The normalized spacial score (nSPS) is 12.9. The van der Waals surface area contributed by atoms with Gasteiger partial charge in [0.2, 0.25) is 0 Å². The second kappa shape index (κ2) is 5.59.